The first-order valence-corrected chi connectivity index (χ1v) is 5.47. The molecule has 0 aliphatic heterocycles. The lowest BCUT2D eigenvalue weighted by molar-refractivity contribution is 0.463. The third-order valence-electron chi connectivity index (χ3n) is 2.56. The maximum absolute atomic E-state index is 9.62. The minimum absolute atomic E-state index is 0.169. The molecule has 1 N–H and O–H groups in total. The van der Waals surface area contributed by atoms with Gasteiger partial charge in [0.25, 0.3) is 0 Å². The Kier molecular flexibility index (Phi) is 4.70. The van der Waals surface area contributed by atoms with Crippen molar-refractivity contribution in [2.45, 2.75) is 38.5 Å². The molecule has 0 radical (unpaired) electrons. The van der Waals surface area contributed by atoms with E-state index in [0.717, 1.165) is 31.2 Å². The predicted molar refractivity (Wildman–Crippen MR) is 60.6 cm³/mol. The van der Waals surface area contributed by atoms with Gasteiger partial charge in [-0.15, -0.1) is 0 Å². The highest BCUT2D eigenvalue weighted by atomic mass is 16.3. The SMILES string of the molecule is CCCCCC(C#N)c1ccccc1O. The van der Waals surface area contributed by atoms with Crippen LogP contribution in [0.1, 0.15) is 44.1 Å². The lowest BCUT2D eigenvalue weighted by Crippen LogP contribution is -1.96. The van der Waals surface area contributed by atoms with E-state index < -0.39 is 0 Å². The number of rotatable bonds is 5. The summed E-state index contributed by atoms with van der Waals surface area (Å²) in [6, 6.07) is 9.36. The number of benzene rings is 1. The summed E-state index contributed by atoms with van der Waals surface area (Å²) in [7, 11) is 0. The number of unbranched alkanes of at least 4 members (excludes halogenated alkanes) is 2. The van der Waals surface area contributed by atoms with Gasteiger partial charge < -0.3 is 5.11 Å². The molecule has 0 aliphatic carbocycles. The maximum atomic E-state index is 9.62. The third kappa shape index (κ3) is 3.28. The first-order valence-electron chi connectivity index (χ1n) is 5.47. The fourth-order valence-electron chi connectivity index (χ4n) is 1.67. The van der Waals surface area contributed by atoms with E-state index in [2.05, 4.69) is 13.0 Å². The number of nitrogens with zero attached hydrogens (tertiary/aromatic N) is 1. The molecule has 0 spiro atoms. The molecule has 80 valence electrons. The Morgan fingerprint density at radius 1 is 1.33 bits per heavy atom. The number of para-hydroxylation sites is 1. The molecule has 0 saturated carbocycles. The minimum Gasteiger partial charge on any atom is -0.508 e. The van der Waals surface area contributed by atoms with Crippen LogP contribution >= 0.6 is 0 Å². The first kappa shape index (κ1) is 11.6. The van der Waals surface area contributed by atoms with Crippen molar-refractivity contribution >= 4 is 0 Å². The highest BCUT2D eigenvalue weighted by molar-refractivity contribution is 5.37. The van der Waals surface area contributed by atoms with Crippen molar-refractivity contribution in [1.82, 2.24) is 0 Å². The summed E-state index contributed by atoms with van der Waals surface area (Å²) in [5.74, 6) is 0.0679. The van der Waals surface area contributed by atoms with E-state index in [-0.39, 0.29) is 11.7 Å². The molecular formula is C13H17NO. The molecule has 0 bridgehead atoms. The van der Waals surface area contributed by atoms with Crippen molar-refractivity contribution in [3.8, 4) is 11.8 Å². The van der Waals surface area contributed by atoms with Crippen molar-refractivity contribution in [1.29, 1.82) is 5.26 Å². The second-order valence-corrected chi connectivity index (χ2v) is 3.74. The summed E-state index contributed by atoms with van der Waals surface area (Å²) >= 11 is 0. The maximum Gasteiger partial charge on any atom is 0.120 e. The molecular weight excluding hydrogens is 186 g/mol. The van der Waals surface area contributed by atoms with E-state index >= 15 is 0 Å². The standard InChI is InChI=1S/C13H17NO/c1-2-3-4-7-11(10-14)12-8-5-6-9-13(12)15/h5-6,8-9,11,15H,2-4,7H2,1H3. The van der Waals surface area contributed by atoms with Crippen molar-refractivity contribution < 1.29 is 5.11 Å². The second kappa shape index (κ2) is 6.08. The molecule has 0 aromatic heterocycles. The predicted octanol–water partition coefficient (Wildman–Crippen LogP) is 3.58. The van der Waals surface area contributed by atoms with Gasteiger partial charge in [0.15, 0.2) is 0 Å². The molecule has 1 atom stereocenters. The second-order valence-electron chi connectivity index (χ2n) is 3.74. The van der Waals surface area contributed by atoms with Crippen LogP contribution in [0.3, 0.4) is 0 Å². The van der Waals surface area contributed by atoms with Crippen LogP contribution in [-0.4, -0.2) is 5.11 Å². The van der Waals surface area contributed by atoms with Crippen LogP contribution in [0.25, 0.3) is 0 Å². The highest BCUT2D eigenvalue weighted by Gasteiger charge is 2.13. The van der Waals surface area contributed by atoms with Crippen molar-refractivity contribution in [3.63, 3.8) is 0 Å². The fraction of sp³-hybridized carbons (Fsp3) is 0.462. The van der Waals surface area contributed by atoms with Crippen LogP contribution in [0.4, 0.5) is 0 Å². The molecule has 0 amide bonds. The van der Waals surface area contributed by atoms with Gasteiger partial charge in [-0.1, -0.05) is 44.4 Å². The summed E-state index contributed by atoms with van der Waals surface area (Å²) in [6.07, 6.45) is 4.18. The van der Waals surface area contributed by atoms with E-state index in [0.29, 0.717) is 0 Å². The van der Waals surface area contributed by atoms with Crippen molar-refractivity contribution in [2.75, 3.05) is 0 Å². The van der Waals surface area contributed by atoms with Gasteiger partial charge in [-0.25, -0.2) is 0 Å². The number of nitriles is 1. The molecule has 2 heteroatoms. The Hall–Kier alpha value is -1.49. The van der Waals surface area contributed by atoms with Crippen LogP contribution in [0.5, 0.6) is 5.75 Å². The number of aromatic hydroxyl groups is 1. The van der Waals surface area contributed by atoms with E-state index in [1.54, 1.807) is 12.1 Å². The Morgan fingerprint density at radius 3 is 2.67 bits per heavy atom. The van der Waals surface area contributed by atoms with Gasteiger partial charge in [0.1, 0.15) is 5.75 Å². The van der Waals surface area contributed by atoms with Crippen molar-refractivity contribution in [3.05, 3.63) is 29.8 Å². The van der Waals surface area contributed by atoms with Crippen molar-refractivity contribution in [2.24, 2.45) is 0 Å². The molecule has 0 saturated heterocycles. The number of hydrogen-bond donors (Lipinski definition) is 1. The van der Waals surface area contributed by atoms with Crippen LogP contribution in [0, 0.1) is 11.3 Å². The topological polar surface area (TPSA) is 44.0 Å². The number of phenolic OH excluding ortho intramolecular Hbond substituents is 1. The molecule has 1 aromatic rings. The van der Waals surface area contributed by atoms with Crippen LogP contribution in [-0.2, 0) is 0 Å². The summed E-state index contributed by atoms with van der Waals surface area (Å²) < 4.78 is 0. The van der Waals surface area contributed by atoms with Gasteiger partial charge in [0.2, 0.25) is 0 Å². The monoisotopic (exact) mass is 203 g/mol. The average Bonchev–Trinajstić information content (AvgIpc) is 2.26. The first-order chi connectivity index (χ1) is 7.29. The normalized spacial score (nSPS) is 12.0. The van der Waals surface area contributed by atoms with Crippen LogP contribution in [0.15, 0.2) is 24.3 Å². The fourth-order valence-corrected chi connectivity index (χ4v) is 1.67. The molecule has 1 aromatic carbocycles. The van der Waals surface area contributed by atoms with E-state index in [9.17, 15) is 5.11 Å². The highest BCUT2D eigenvalue weighted by Crippen LogP contribution is 2.28. The van der Waals surface area contributed by atoms with E-state index in [4.69, 9.17) is 5.26 Å². The Morgan fingerprint density at radius 2 is 2.07 bits per heavy atom. The Bertz CT molecular complexity index is 341. The zero-order chi connectivity index (χ0) is 11.1. The smallest absolute Gasteiger partial charge is 0.120 e. The Balaban J connectivity index is 2.67. The summed E-state index contributed by atoms with van der Waals surface area (Å²) in [5, 5.41) is 18.7. The molecule has 0 aliphatic rings. The molecule has 2 nitrogen and oxygen atoms in total. The van der Waals surface area contributed by atoms with Gasteiger partial charge in [0.05, 0.1) is 12.0 Å². The molecule has 1 unspecified atom stereocenters. The molecule has 0 heterocycles. The summed E-state index contributed by atoms with van der Waals surface area (Å²) in [6.45, 7) is 2.14. The lowest BCUT2D eigenvalue weighted by Gasteiger charge is -2.10. The largest absolute Gasteiger partial charge is 0.508 e. The van der Waals surface area contributed by atoms with Gasteiger partial charge >= 0.3 is 0 Å². The van der Waals surface area contributed by atoms with Crippen LogP contribution in [0.2, 0.25) is 0 Å². The zero-order valence-electron chi connectivity index (χ0n) is 9.11. The van der Waals surface area contributed by atoms with E-state index in [1.807, 2.05) is 12.1 Å². The van der Waals surface area contributed by atoms with Gasteiger partial charge in [0, 0.05) is 5.56 Å². The average molecular weight is 203 g/mol. The Labute approximate surface area is 91.2 Å². The molecule has 15 heavy (non-hydrogen) atoms. The molecule has 0 fully saturated rings. The van der Waals surface area contributed by atoms with Gasteiger partial charge in [-0.05, 0) is 12.5 Å². The third-order valence-corrected chi connectivity index (χ3v) is 2.56. The zero-order valence-corrected chi connectivity index (χ0v) is 9.11. The van der Waals surface area contributed by atoms with Crippen LogP contribution < -0.4 is 0 Å². The lowest BCUT2D eigenvalue weighted by atomic mass is 9.94. The summed E-state index contributed by atoms with van der Waals surface area (Å²) in [4.78, 5) is 0. The quantitative estimate of drug-likeness (QED) is 0.743. The molecule has 1 rings (SSSR count). The minimum atomic E-state index is -0.169. The summed E-state index contributed by atoms with van der Waals surface area (Å²) in [5.41, 5.74) is 0.760. The number of hydrogen-bond acceptors (Lipinski definition) is 2. The van der Waals surface area contributed by atoms with Gasteiger partial charge in [-0.2, -0.15) is 5.26 Å². The number of phenols is 1. The van der Waals surface area contributed by atoms with Gasteiger partial charge in [-0.3, -0.25) is 0 Å². The van der Waals surface area contributed by atoms with E-state index in [1.165, 1.54) is 0 Å².